The molecule has 1 aliphatic rings. The monoisotopic (exact) mass is 368 g/mol. The Kier molecular flexibility index (Phi) is 5.48. The number of nitrogens with one attached hydrogen (secondary N) is 1. The number of nitrogen functional groups attached to an aromatic ring is 1. The van der Waals surface area contributed by atoms with Gasteiger partial charge in [-0.25, -0.2) is 13.1 Å². The summed E-state index contributed by atoms with van der Waals surface area (Å²) in [6.45, 7) is -0.654. The van der Waals surface area contributed by atoms with Gasteiger partial charge in [0.15, 0.2) is 6.29 Å². The molecule has 1 fully saturated rings. The molecule has 2 rings (SSSR count). The molecule has 0 unspecified atom stereocenters. The second kappa shape index (κ2) is 6.87. The zero-order valence-electron chi connectivity index (χ0n) is 11.7. The van der Waals surface area contributed by atoms with E-state index >= 15 is 0 Å². The minimum Gasteiger partial charge on any atom is -0.399 e. The fourth-order valence-corrected chi connectivity index (χ4v) is 4.00. The first-order valence-electron chi connectivity index (χ1n) is 6.55. The minimum atomic E-state index is -4.23. The number of benzene rings is 1. The smallest absolute Gasteiger partial charge is 0.242 e. The van der Waals surface area contributed by atoms with Crippen LogP contribution < -0.4 is 10.5 Å². The van der Waals surface area contributed by atoms with Crippen LogP contribution in [0.1, 0.15) is 0 Å². The van der Waals surface area contributed by atoms with E-state index in [1.54, 1.807) is 0 Å². The Morgan fingerprint density at radius 3 is 2.48 bits per heavy atom. The van der Waals surface area contributed by atoms with E-state index in [0.717, 1.165) is 6.07 Å². The summed E-state index contributed by atoms with van der Waals surface area (Å²) in [4.78, 5) is -0.313. The molecule has 5 atom stereocenters. The maximum Gasteiger partial charge on any atom is 0.242 e. The van der Waals surface area contributed by atoms with Gasteiger partial charge in [-0.15, -0.1) is 0 Å². The van der Waals surface area contributed by atoms with Gasteiger partial charge in [-0.3, -0.25) is 0 Å². The van der Waals surface area contributed by atoms with E-state index in [0.29, 0.717) is 0 Å². The van der Waals surface area contributed by atoms with Crippen LogP contribution in [0.2, 0.25) is 5.02 Å². The van der Waals surface area contributed by atoms with Gasteiger partial charge in [0.1, 0.15) is 29.2 Å². The van der Waals surface area contributed by atoms with Crippen LogP contribution in [-0.4, -0.2) is 66.1 Å². The van der Waals surface area contributed by atoms with Crippen molar-refractivity contribution in [1.29, 1.82) is 0 Å². The standard InChI is InChI=1S/C12H17ClN2O7S/c13-6-3-5(14)1-2-8(6)23(20,21)15-9-11(18)10(17)7(4-16)22-12(9)19/h1-3,7,9-12,15-19H,4,14H2/t7-,9+,10-,11+,12-/m1/s1. The lowest BCUT2D eigenvalue weighted by Gasteiger charge is -2.40. The van der Waals surface area contributed by atoms with E-state index in [-0.39, 0.29) is 15.6 Å². The first kappa shape index (κ1) is 18.4. The molecular formula is C12H17ClN2O7S. The van der Waals surface area contributed by atoms with Crippen LogP contribution in [-0.2, 0) is 14.8 Å². The van der Waals surface area contributed by atoms with Crippen LogP contribution in [0.4, 0.5) is 5.69 Å². The number of halogens is 1. The molecule has 0 aliphatic carbocycles. The Bertz CT molecular complexity index is 671. The summed E-state index contributed by atoms with van der Waals surface area (Å²) < 4.78 is 31.6. The van der Waals surface area contributed by atoms with Crippen LogP contribution in [0.3, 0.4) is 0 Å². The van der Waals surface area contributed by atoms with E-state index in [9.17, 15) is 23.7 Å². The molecule has 1 aromatic carbocycles. The lowest BCUT2D eigenvalue weighted by molar-refractivity contribution is -0.251. The summed E-state index contributed by atoms with van der Waals surface area (Å²) in [6, 6.07) is 2.17. The number of sulfonamides is 1. The first-order chi connectivity index (χ1) is 10.7. The summed E-state index contributed by atoms with van der Waals surface area (Å²) in [5.74, 6) is 0. The molecule has 0 amide bonds. The van der Waals surface area contributed by atoms with E-state index in [2.05, 4.69) is 0 Å². The molecular weight excluding hydrogens is 352 g/mol. The Balaban J connectivity index is 2.26. The van der Waals surface area contributed by atoms with Crippen LogP contribution in [0.25, 0.3) is 0 Å². The zero-order valence-corrected chi connectivity index (χ0v) is 13.3. The van der Waals surface area contributed by atoms with E-state index in [1.807, 2.05) is 4.72 Å². The van der Waals surface area contributed by atoms with E-state index in [1.165, 1.54) is 12.1 Å². The molecule has 1 aliphatic heterocycles. The fourth-order valence-electron chi connectivity index (χ4n) is 2.20. The van der Waals surface area contributed by atoms with Gasteiger partial charge in [-0.2, -0.15) is 0 Å². The number of aliphatic hydroxyl groups is 4. The molecule has 1 aromatic rings. The highest BCUT2D eigenvalue weighted by Gasteiger charge is 2.45. The number of hydrogen-bond acceptors (Lipinski definition) is 8. The average Bonchev–Trinajstić information content (AvgIpc) is 2.47. The van der Waals surface area contributed by atoms with Gasteiger partial charge in [0.05, 0.1) is 11.6 Å². The van der Waals surface area contributed by atoms with Crippen molar-refractivity contribution in [1.82, 2.24) is 4.72 Å². The van der Waals surface area contributed by atoms with Crippen molar-refractivity contribution < 1.29 is 33.6 Å². The number of anilines is 1. The fraction of sp³-hybridized carbons (Fsp3) is 0.500. The molecule has 0 radical (unpaired) electrons. The van der Waals surface area contributed by atoms with Crippen molar-refractivity contribution in [2.45, 2.75) is 35.5 Å². The normalized spacial score (nSPS) is 32.0. The Morgan fingerprint density at radius 2 is 1.91 bits per heavy atom. The number of rotatable bonds is 4. The molecule has 0 spiro atoms. The third kappa shape index (κ3) is 3.75. The summed E-state index contributed by atoms with van der Waals surface area (Å²) in [5.41, 5.74) is 5.75. The summed E-state index contributed by atoms with van der Waals surface area (Å²) in [7, 11) is -4.23. The van der Waals surface area contributed by atoms with Crippen molar-refractivity contribution in [3.8, 4) is 0 Å². The molecule has 1 saturated heterocycles. The molecule has 1 heterocycles. The highest BCUT2D eigenvalue weighted by Crippen LogP contribution is 2.26. The first-order valence-corrected chi connectivity index (χ1v) is 8.41. The molecule has 130 valence electrons. The molecule has 11 heteroatoms. The van der Waals surface area contributed by atoms with Crippen LogP contribution >= 0.6 is 11.6 Å². The summed E-state index contributed by atoms with van der Waals surface area (Å²) in [6.07, 6.45) is -6.29. The average molecular weight is 369 g/mol. The Morgan fingerprint density at radius 1 is 1.26 bits per heavy atom. The zero-order chi connectivity index (χ0) is 17.4. The van der Waals surface area contributed by atoms with Crippen LogP contribution in [0.15, 0.2) is 23.1 Å². The lowest BCUT2D eigenvalue weighted by atomic mass is 9.98. The van der Waals surface area contributed by atoms with Crippen molar-refractivity contribution in [3.05, 3.63) is 23.2 Å². The third-order valence-corrected chi connectivity index (χ3v) is 5.38. The van der Waals surface area contributed by atoms with Crippen molar-refractivity contribution in [3.63, 3.8) is 0 Å². The van der Waals surface area contributed by atoms with Gasteiger partial charge in [0, 0.05) is 5.69 Å². The van der Waals surface area contributed by atoms with Crippen molar-refractivity contribution >= 4 is 27.3 Å². The Labute approximate surface area is 137 Å². The number of aliphatic hydroxyl groups excluding tert-OH is 4. The number of hydrogen-bond donors (Lipinski definition) is 6. The molecule has 0 saturated carbocycles. The van der Waals surface area contributed by atoms with E-state index in [4.69, 9.17) is 27.2 Å². The highest BCUT2D eigenvalue weighted by molar-refractivity contribution is 7.89. The van der Waals surface area contributed by atoms with Crippen LogP contribution in [0.5, 0.6) is 0 Å². The molecule has 23 heavy (non-hydrogen) atoms. The largest absolute Gasteiger partial charge is 0.399 e. The third-order valence-electron chi connectivity index (χ3n) is 3.44. The van der Waals surface area contributed by atoms with Gasteiger partial charge >= 0.3 is 0 Å². The van der Waals surface area contributed by atoms with Gasteiger partial charge in [-0.05, 0) is 18.2 Å². The van der Waals surface area contributed by atoms with Gasteiger partial charge in [0.25, 0.3) is 0 Å². The van der Waals surface area contributed by atoms with Crippen molar-refractivity contribution in [2.24, 2.45) is 0 Å². The maximum atomic E-state index is 12.3. The SMILES string of the molecule is Nc1ccc(S(=O)(=O)N[C@H]2[C@H](O)[C@H](O)[C@@H](CO)O[C@H]2O)c(Cl)c1. The molecule has 9 nitrogen and oxygen atoms in total. The number of nitrogens with two attached hydrogens (primary N) is 1. The second-order valence-corrected chi connectivity index (χ2v) is 7.16. The van der Waals surface area contributed by atoms with E-state index < -0.39 is 47.3 Å². The van der Waals surface area contributed by atoms with Gasteiger partial charge in [-0.1, -0.05) is 11.6 Å². The molecule has 7 N–H and O–H groups in total. The maximum absolute atomic E-state index is 12.3. The van der Waals surface area contributed by atoms with Crippen LogP contribution in [0, 0.1) is 0 Å². The topological polar surface area (TPSA) is 162 Å². The second-order valence-electron chi connectivity index (χ2n) is 5.07. The minimum absolute atomic E-state index is 0.146. The number of ether oxygens (including phenoxy) is 1. The Hall–Kier alpha value is -0.980. The van der Waals surface area contributed by atoms with Crippen molar-refractivity contribution in [2.75, 3.05) is 12.3 Å². The predicted molar refractivity (Wildman–Crippen MR) is 80.0 cm³/mol. The molecule has 0 bridgehead atoms. The highest BCUT2D eigenvalue weighted by atomic mass is 35.5. The quantitative estimate of drug-likeness (QED) is 0.332. The molecule has 0 aromatic heterocycles. The lowest BCUT2D eigenvalue weighted by Crippen LogP contribution is -2.64. The van der Waals surface area contributed by atoms with Gasteiger partial charge < -0.3 is 30.9 Å². The summed E-state index contributed by atoms with van der Waals surface area (Å²) in [5, 5.41) is 38.3. The predicted octanol–water partition coefficient (Wildman–Crippen LogP) is -2.00. The summed E-state index contributed by atoms with van der Waals surface area (Å²) >= 11 is 5.84. The van der Waals surface area contributed by atoms with Gasteiger partial charge in [0.2, 0.25) is 10.0 Å².